The summed E-state index contributed by atoms with van der Waals surface area (Å²) in [5, 5.41) is 14.1. The van der Waals surface area contributed by atoms with Gasteiger partial charge in [-0.2, -0.15) is 0 Å². The SMILES string of the molecule is O=C(c1cc(F)c(F)cc1[N+](=O)[O-])N1CC[C@H]2CNC[C@H]21. The van der Waals surface area contributed by atoms with E-state index < -0.39 is 33.7 Å². The molecule has 6 nitrogen and oxygen atoms in total. The van der Waals surface area contributed by atoms with Gasteiger partial charge in [0.2, 0.25) is 0 Å². The maximum atomic E-state index is 13.4. The molecule has 0 aromatic heterocycles. The molecular weight excluding hydrogens is 284 g/mol. The zero-order chi connectivity index (χ0) is 15.1. The lowest BCUT2D eigenvalue weighted by molar-refractivity contribution is -0.385. The van der Waals surface area contributed by atoms with Gasteiger partial charge in [0.25, 0.3) is 11.6 Å². The summed E-state index contributed by atoms with van der Waals surface area (Å²) < 4.78 is 26.5. The molecule has 0 saturated carbocycles. The monoisotopic (exact) mass is 297 g/mol. The molecule has 1 N–H and O–H groups in total. The molecule has 2 atom stereocenters. The molecule has 2 fully saturated rings. The lowest BCUT2D eigenvalue weighted by Gasteiger charge is -2.23. The number of nitro benzene ring substituents is 1. The Morgan fingerprint density at radius 3 is 2.76 bits per heavy atom. The van der Waals surface area contributed by atoms with E-state index in [1.54, 1.807) is 0 Å². The van der Waals surface area contributed by atoms with Gasteiger partial charge in [-0.05, 0) is 18.4 Å². The summed E-state index contributed by atoms with van der Waals surface area (Å²) in [4.78, 5) is 24.1. The zero-order valence-electron chi connectivity index (χ0n) is 11.0. The molecule has 2 aliphatic heterocycles. The van der Waals surface area contributed by atoms with Crippen molar-refractivity contribution in [2.75, 3.05) is 19.6 Å². The summed E-state index contributed by atoms with van der Waals surface area (Å²) in [5.41, 5.74) is -1.10. The summed E-state index contributed by atoms with van der Waals surface area (Å²) in [5.74, 6) is -2.89. The predicted molar refractivity (Wildman–Crippen MR) is 68.8 cm³/mol. The van der Waals surface area contributed by atoms with Crippen molar-refractivity contribution < 1.29 is 18.5 Å². The molecule has 0 radical (unpaired) electrons. The van der Waals surface area contributed by atoms with Crippen LogP contribution in [0.4, 0.5) is 14.5 Å². The molecule has 1 aromatic rings. The van der Waals surface area contributed by atoms with E-state index in [2.05, 4.69) is 5.32 Å². The molecule has 2 saturated heterocycles. The average molecular weight is 297 g/mol. The zero-order valence-corrected chi connectivity index (χ0v) is 11.0. The number of likely N-dealkylation sites (tertiary alicyclic amines) is 1. The van der Waals surface area contributed by atoms with Crippen molar-refractivity contribution in [3.8, 4) is 0 Å². The highest BCUT2D eigenvalue weighted by Gasteiger charge is 2.41. The molecule has 0 aliphatic carbocycles. The lowest BCUT2D eigenvalue weighted by Crippen LogP contribution is -2.39. The van der Waals surface area contributed by atoms with Crippen molar-refractivity contribution >= 4 is 11.6 Å². The lowest BCUT2D eigenvalue weighted by atomic mass is 10.0. The van der Waals surface area contributed by atoms with Gasteiger partial charge in [-0.3, -0.25) is 14.9 Å². The van der Waals surface area contributed by atoms with E-state index in [4.69, 9.17) is 0 Å². The van der Waals surface area contributed by atoms with Gasteiger partial charge in [-0.1, -0.05) is 0 Å². The Labute approximate surface area is 118 Å². The molecule has 2 aliphatic rings. The van der Waals surface area contributed by atoms with Crippen LogP contribution in [0.5, 0.6) is 0 Å². The predicted octanol–water partition coefficient (Wildman–Crippen LogP) is 1.31. The third-order valence-electron chi connectivity index (χ3n) is 4.17. The van der Waals surface area contributed by atoms with E-state index in [1.165, 1.54) is 4.90 Å². The number of nitrogens with one attached hydrogen (secondary N) is 1. The van der Waals surface area contributed by atoms with Crippen LogP contribution >= 0.6 is 0 Å². The highest BCUT2D eigenvalue weighted by atomic mass is 19.2. The molecule has 0 spiro atoms. The molecule has 1 aromatic carbocycles. The Balaban J connectivity index is 1.98. The highest BCUT2D eigenvalue weighted by molar-refractivity contribution is 5.98. The van der Waals surface area contributed by atoms with Crippen LogP contribution in [0.1, 0.15) is 16.8 Å². The molecule has 8 heteroatoms. The first-order valence-corrected chi connectivity index (χ1v) is 6.64. The summed E-state index contributed by atoms with van der Waals surface area (Å²) in [6, 6.07) is 1.04. The van der Waals surface area contributed by atoms with Gasteiger partial charge < -0.3 is 10.2 Å². The molecular formula is C13H13F2N3O3. The van der Waals surface area contributed by atoms with Gasteiger partial charge in [0.1, 0.15) is 5.56 Å². The smallest absolute Gasteiger partial charge is 0.285 e. The summed E-state index contributed by atoms with van der Waals surface area (Å²) in [6.45, 7) is 1.90. The summed E-state index contributed by atoms with van der Waals surface area (Å²) in [6.07, 6.45) is 0.806. The van der Waals surface area contributed by atoms with E-state index in [-0.39, 0.29) is 6.04 Å². The van der Waals surface area contributed by atoms with Crippen LogP contribution in [0.3, 0.4) is 0 Å². The van der Waals surface area contributed by atoms with Crippen LogP contribution in [-0.4, -0.2) is 41.4 Å². The Morgan fingerprint density at radius 2 is 2.05 bits per heavy atom. The molecule has 1 amide bonds. The summed E-state index contributed by atoms with van der Waals surface area (Å²) >= 11 is 0. The minimum atomic E-state index is -1.33. The number of hydrogen-bond donors (Lipinski definition) is 1. The average Bonchev–Trinajstić information content (AvgIpc) is 3.02. The van der Waals surface area contributed by atoms with Gasteiger partial charge >= 0.3 is 0 Å². The number of halogens is 2. The Hall–Kier alpha value is -2.09. The van der Waals surface area contributed by atoms with Crippen molar-refractivity contribution in [1.82, 2.24) is 10.2 Å². The van der Waals surface area contributed by atoms with Crippen molar-refractivity contribution in [1.29, 1.82) is 0 Å². The first-order valence-electron chi connectivity index (χ1n) is 6.64. The van der Waals surface area contributed by atoms with E-state index in [0.717, 1.165) is 13.0 Å². The van der Waals surface area contributed by atoms with Crippen molar-refractivity contribution in [3.63, 3.8) is 0 Å². The van der Waals surface area contributed by atoms with Crippen LogP contribution in [-0.2, 0) is 0 Å². The number of amides is 1. The summed E-state index contributed by atoms with van der Waals surface area (Å²) in [7, 11) is 0. The van der Waals surface area contributed by atoms with E-state index in [1.807, 2.05) is 0 Å². The second-order valence-corrected chi connectivity index (χ2v) is 5.31. The second-order valence-electron chi connectivity index (χ2n) is 5.31. The van der Waals surface area contributed by atoms with Crippen LogP contribution in [0.15, 0.2) is 12.1 Å². The van der Waals surface area contributed by atoms with E-state index in [9.17, 15) is 23.7 Å². The number of benzene rings is 1. The first-order chi connectivity index (χ1) is 9.99. The number of nitro groups is 1. The Bertz CT molecular complexity index is 623. The van der Waals surface area contributed by atoms with Crippen LogP contribution in [0.2, 0.25) is 0 Å². The number of nitrogens with zero attached hydrogens (tertiary/aromatic N) is 2. The fraction of sp³-hybridized carbons (Fsp3) is 0.462. The molecule has 0 bridgehead atoms. The number of fused-ring (bicyclic) bond motifs is 1. The maximum absolute atomic E-state index is 13.4. The van der Waals surface area contributed by atoms with Gasteiger partial charge in [0.05, 0.1) is 11.0 Å². The van der Waals surface area contributed by atoms with Crippen molar-refractivity contribution in [3.05, 3.63) is 39.4 Å². The molecule has 3 rings (SSSR count). The van der Waals surface area contributed by atoms with Crippen LogP contribution in [0.25, 0.3) is 0 Å². The molecule has 112 valence electrons. The van der Waals surface area contributed by atoms with Crippen molar-refractivity contribution in [2.24, 2.45) is 5.92 Å². The number of carbonyl (C=O) groups is 1. The number of carbonyl (C=O) groups excluding carboxylic acids is 1. The number of hydrogen-bond acceptors (Lipinski definition) is 4. The fourth-order valence-corrected chi connectivity index (χ4v) is 3.11. The standard InChI is InChI=1S/C13H13F2N3O3/c14-9-3-8(11(18(20)21)4-10(9)15)13(19)17-2-1-7-5-16-6-12(7)17/h3-4,7,12,16H,1-2,5-6H2/t7-,12+/m0/s1. The van der Waals surface area contributed by atoms with Gasteiger partial charge in [0.15, 0.2) is 11.6 Å². The largest absolute Gasteiger partial charge is 0.334 e. The minimum absolute atomic E-state index is 0.0368. The third-order valence-corrected chi connectivity index (χ3v) is 4.17. The quantitative estimate of drug-likeness (QED) is 0.659. The number of rotatable bonds is 2. The molecule has 2 heterocycles. The van der Waals surface area contributed by atoms with Gasteiger partial charge in [0, 0.05) is 25.7 Å². The normalized spacial score (nSPS) is 24.2. The fourth-order valence-electron chi connectivity index (χ4n) is 3.11. The van der Waals surface area contributed by atoms with Crippen molar-refractivity contribution in [2.45, 2.75) is 12.5 Å². The molecule has 0 unspecified atom stereocenters. The van der Waals surface area contributed by atoms with Gasteiger partial charge in [-0.25, -0.2) is 8.78 Å². The maximum Gasteiger partial charge on any atom is 0.285 e. The second kappa shape index (κ2) is 5.03. The topological polar surface area (TPSA) is 75.5 Å². The highest BCUT2D eigenvalue weighted by Crippen LogP contribution is 2.31. The minimum Gasteiger partial charge on any atom is -0.334 e. The molecule has 21 heavy (non-hydrogen) atoms. The van der Waals surface area contributed by atoms with Crippen LogP contribution < -0.4 is 5.32 Å². The van der Waals surface area contributed by atoms with Gasteiger partial charge in [-0.15, -0.1) is 0 Å². The first kappa shape index (κ1) is 13.9. The Kier molecular flexibility index (Phi) is 3.32. The van der Waals surface area contributed by atoms with E-state index >= 15 is 0 Å². The van der Waals surface area contributed by atoms with Crippen LogP contribution in [0, 0.1) is 27.7 Å². The van der Waals surface area contributed by atoms with E-state index in [0.29, 0.717) is 31.1 Å². The third kappa shape index (κ3) is 2.25. The Morgan fingerprint density at radius 1 is 1.33 bits per heavy atom.